The van der Waals surface area contributed by atoms with E-state index in [0.29, 0.717) is 12.5 Å². The number of esters is 1. The molecule has 1 fully saturated rings. The molecule has 1 aliphatic heterocycles. The summed E-state index contributed by atoms with van der Waals surface area (Å²) in [4.78, 5) is 24.6. The Bertz CT molecular complexity index is 553. The maximum absolute atomic E-state index is 11.6. The monoisotopic (exact) mass is 308 g/mol. The molecular weight excluding hydrogens is 288 g/mol. The van der Waals surface area contributed by atoms with Gasteiger partial charge in [-0.3, -0.25) is 10.1 Å². The summed E-state index contributed by atoms with van der Waals surface area (Å²) in [7, 11) is 3.26. The molecule has 1 aromatic carbocycles. The number of rotatable bonds is 5. The van der Waals surface area contributed by atoms with E-state index in [1.54, 1.807) is 6.07 Å². The summed E-state index contributed by atoms with van der Waals surface area (Å²) >= 11 is 0. The normalized spacial score (nSPS) is 16.3. The zero-order chi connectivity index (χ0) is 16.1. The van der Waals surface area contributed by atoms with Crippen molar-refractivity contribution in [3.8, 4) is 5.75 Å². The van der Waals surface area contributed by atoms with Gasteiger partial charge in [0.05, 0.1) is 18.6 Å². The number of carbonyl (C=O) groups excluding carboxylic acids is 1. The van der Waals surface area contributed by atoms with Crippen molar-refractivity contribution < 1.29 is 19.2 Å². The average molecular weight is 308 g/mol. The Morgan fingerprint density at radius 1 is 1.41 bits per heavy atom. The molecule has 1 saturated heterocycles. The highest BCUT2D eigenvalue weighted by molar-refractivity contribution is 5.95. The van der Waals surface area contributed by atoms with Crippen molar-refractivity contribution in [2.24, 2.45) is 5.92 Å². The SMILES string of the molecule is COC(=O)c1cccc(OCC2CCN(C)CC2)c1[N+](=O)[O-]. The van der Waals surface area contributed by atoms with Crippen LogP contribution >= 0.6 is 0 Å². The van der Waals surface area contributed by atoms with Gasteiger partial charge in [0.15, 0.2) is 5.75 Å². The van der Waals surface area contributed by atoms with Crippen molar-refractivity contribution in [1.29, 1.82) is 0 Å². The number of nitro benzene ring substituents is 1. The van der Waals surface area contributed by atoms with Crippen molar-refractivity contribution in [3.05, 3.63) is 33.9 Å². The predicted octanol–water partition coefficient (Wildman–Crippen LogP) is 2.10. The number of para-hydroxylation sites is 1. The molecule has 1 heterocycles. The van der Waals surface area contributed by atoms with E-state index >= 15 is 0 Å². The molecule has 1 aromatic rings. The lowest BCUT2D eigenvalue weighted by atomic mass is 9.98. The lowest BCUT2D eigenvalue weighted by Crippen LogP contribution is -2.32. The molecule has 0 spiro atoms. The van der Waals surface area contributed by atoms with Gasteiger partial charge in [0.25, 0.3) is 0 Å². The first kappa shape index (κ1) is 16.2. The maximum atomic E-state index is 11.6. The van der Waals surface area contributed by atoms with Crippen LogP contribution in [0.25, 0.3) is 0 Å². The van der Waals surface area contributed by atoms with Crippen LogP contribution in [-0.4, -0.2) is 49.6 Å². The molecular formula is C15H20N2O5. The third-order valence-electron chi connectivity index (χ3n) is 3.90. The first-order chi connectivity index (χ1) is 10.5. The van der Waals surface area contributed by atoms with Crippen LogP contribution in [0.5, 0.6) is 5.75 Å². The number of nitrogens with zero attached hydrogens (tertiary/aromatic N) is 2. The molecule has 0 saturated carbocycles. The van der Waals surface area contributed by atoms with E-state index in [1.165, 1.54) is 19.2 Å². The van der Waals surface area contributed by atoms with E-state index < -0.39 is 10.9 Å². The number of benzene rings is 1. The molecule has 120 valence electrons. The van der Waals surface area contributed by atoms with Gasteiger partial charge in [0.1, 0.15) is 5.56 Å². The Morgan fingerprint density at radius 2 is 2.09 bits per heavy atom. The zero-order valence-corrected chi connectivity index (χ0v) is 12.8. The summed E-state index contributed by atoms with van der Waals surface area (Å²) in [5.41, 5.74) is -0.421. The Balaban J connectivity index is 2.13. The molecule has 1 aliphatic rings. The molecule has 0 aromatic heterocycles. The number of hydrogen-bond donors (Lipinski definition) is 0. The van der Waals surface area contributed by atoms with Crippen molar-refractivity contribution in [2.75, 3.05) is 33.9 Å². The first-order valence-electron chi connectivity index (χ1n) is 7.20. The van der Waals surface area contributed by atoms with E-state index in [2.05, 4.69) is 16.7 Å². The number of piperidine rings is 1. The molecule has 0 N–H and O–H groups in total. The number of ether oxygens (including phenoxy) is 2. The highest BCUT2D eigenvalue weighted by Gasteiger charge is 2.27. The van der Waals surface area contributed by atoms with Crippen LogP contribution in [0.3, 0.4) is 0 Å². The highest BCUT2D eigenvalue weighted by Crippen LogP contribution is 2.32. The fraction of sp³-hybridized carbons (Fsp3) is 0.533. The molecule has 2 rings (SSSR count). The molecule has 0 atom stereocenters. The van der Waals surface area contributed by atoms with Gasteiger partial charge in [0.2, 0.25) is 0 Å². The second kappa shape index (κ2) is 7.22. The standard InChI is InChI=1S/C15H20N2O5/c1-16-8-6-11(7-9-16)10-22-13-5-3-4-12(15(18)21-2)14(13)17(19)20/h3-5,11H,6-10H2,1-2H3. The number of likely N-dealkylation sites (tertiary alicyclic amines) is 1. The van der Waals surface area contributed by atoms with Gasteiger partial charge in [0, 0.05) is 0 Å². The minimum Gasteiger partial charge on any atom is -0.486 e. The predicted molar refractivity (Wildman–Crippen MR) is 80.2 cm³/mol. The summed E-state index contributed by atoms with van der Waals surface area (Å²) in [6.45, 7) is 2.41. The van der Waals surface area contributed by atoms with Crippen molar-refractivity contribution in [2.45, 2.75) is 12.8 Å². The minimum absolute atomic E-state index is 0.0895. The van der Waals surface area contributed by atoms with Crippen LogP contribution in [0.4, 0.5) is 5.69 Å². The van der Waals surface area contributed by atoms with Crippen LogP contribution < -0.4 is 4.74 Å². The molecule has 0 bridgehead atoms. The second-order valence-electron chi connectivity index (χ2n) is 5.46. The van der Waals surface area contributed by atoms with Crippen molar-refractivity contribution >= 4 is 11.7 Å². The van der Waals surface area contributed by atoms with Crippen LogP contribution in [0.15, 0.2) is 18.2 Å². The minimum atomic E-state index is -0.739. The van der Waals surface area contributed by atoms with Crippen molar-refractivity contribution in [1.82, 2.24) is 4.90 Å². The van der Waals surface area contributed by atoms with Gasteiger partial charge in [-0.25, -0.2) is 4.79 Å². The Labute approximate surface area is 129 Å². The number of carbonyl (C=O) groups is 1. The topological polar surface area (TPSA) is 81.9 Å². The summed E-state index contributed by atoms with van der Waals surface area (Å²) in [6.07, 6.45) is 2.00. The van der Waals surface area contributed by atoms with Gasteiger partial charge < -0.3 is 14.4 Å². The van der Waals surface area contributed by atoms with E-state index in [0.717, 1.165) is 25.9 Å². The first-order valence-corrected chi connectivity index (χ1v) is 7.20. The van der Waals surface area contributed by atoms with Gasteiger partial charge in [-0.1, -0.05) is 6.07 Å². The summed E-state index contributed by atoms with van der Waals surface area (Å²) in [6, 6.07) is 4.44. The smallest absolute Gasteiger partial charge is 0.345 e. The van der Waals surface area contributed by atoms with Crippen LogP contribution in [-0.2, 0) is 4.74 Å². The Hall–Kier alpha value is -2.15. The van der Waals surface area contributed by atoms with E-state index in [9.17, 15) is 14.9 Å². The largest absolute Gasteiger partial charge is 0.486 e. The van der Waals surface area contributed by atoms with Gasteiger partial charge in [-0.2, -0.15) is 0 Å². The molecule has 0 aliphatic carbocycles. The lowest BCUT2D eigenvalue weighted by Gasteiger charge is -2.28. The molecule has 0 unspecified atom stereocenters. The van der Waals surface area contributed by atoms with Gasteiger partial charge >= 0.3 is 11.7 Å². The van der Waals surface area contributed by atoms with Crippen molar-refractivity contribution in [3.63, 3.8) is 0 Å². The third kappa shape index (κ3) is 3.73. The van der Waals surface area contributed by atoms with Crippen LogP contribution in [0.2, 0.25) is 0 Å². The molecule has 7 heteroatoms. The fourth-order valence-electron chi connectivity index (χ4n) is 2.54. The molecule has 0 amide bonds. The number of hydrogen-bond acceptors (Lipinski definition) is 6. The molecule has 0 radical (unpaired) electrons. The quantitative estimate of drug-likeness (QED) is 0.471. The van der Waals surface area contributed by atoms with E-state index in [-0.39, 0.29) is 17.0 Å². The van der Waals surface area contributed by atoms with Crippen LogP contribution in [0.1, 0.15) is 23.2 Å². The average Bonchev–Trinajstić information content (AvgIpc) is 2.53. The summed E-state index contributed by atoms with van der Waals surface area (Å²) < 4.78 is 10.2. The number of methoxy groups -OCH3 is 1. The fourth-order valence-corrected chi connectivity index (χ4v) is 2.54. The molecule has 7 nitrogen and oxygen atoms in total. The van der Waals surface area contributed by atoms with Gasteiger partial charge in [-0.15, -0.1) is 0 Å². The maximum Gasteiger partial charge on any atom is 0.345 e. The van der Waals surface area contributed by atoms with Crippen LogP contribution in [0, 0.1) is 16.0 Å². The summed E-state index contributed by atoms with van der Waals surface area (Å²) in [5.74, 6) is -0.249. The lowest BCUT2D eigenvalue weighted by molar-refractivity contribution is -0.386. The Kier molecular flexibility index (Phi) is 5.32. The highest BCUT2D eigenvalue weighted by atomic mass is 16.6. The van der Waals surface area contributed by atoms with E-state index in [4.69, 9.17) is 4.74 Å². The second-order valence-corrected chi connectivity index (χ2v) is 5.46. The van der Waals surface area contributed by atoms with E-state index in [1.807, 2.05) is 0 Å². The molecule has 22 heavy (non-hydrogen) atoms. The summed E-state index contributed by atoms with van der Waals surface area (Å²) in [5, 5.41) is 11.3. The third-order valence-corrected chi connectivity index (χ3v) is 3.90. The number of nitro groups is 1. The Morgan fingerprint density at radius 3 is 2.68 bits per heavy atom. The van der Waals surface area contributed by atoms with Gasteiger partial charge in [-0.05, 0) is 51.0 Å². The zero-order valence-electron chi connectivity index (χ0n) is 12.8.